The molecule has 122 valence electrons. The second kappa shape index (κ2) is 6.15. The Balaban J connectivity index is 2.11. The van der Waals surface area contributed by atoms with E-state index < -0.39 is 17.5 Å². The molecule has 1 aliphatic heterocycles. The number of alkyl halides is 3. The number of nitrogens with one attached hydrogen (secondary N) is 2. The molecule has 1 saturated carbocycles. The van der Waals surface area contributed by atoms with Crippen molar-refractivity contribution >= 4 is 5.91 Å². The minimum Gasteiger partial charge on any atom is -0.352 e. The highest BCUT2D eigenvalue weighted by Crippen LogP contribution is 2.43. The molecule has 0 bridgehead atoms. The minimum absolute atomic E-state index is 0.119. The Morgan fingerprint density at radius 2 is 1.95 bits per heavy atom. The number of hydrogen-bond donors (Lipinski definition) is 2. The van der Waals surface area contributed by atoms with Crippen LogP contribution < -0.4 is 10.6 Å². The van der Waals surface area contributed by atoms with E-state index in [1.807, 2.05) is 0 Å². The lowest BCUT2D eigenvalue weighted by atomic mass is 9.76. The fraction of sp³-hybridized carbons (Fsp3) is 0.933. The fourth-order valence-corrected chi connectivity index (χ4v) is 3.70. The van der Waals surface area contributed by atoms with Crippen molar-refractivity contribution < 1.29 is 18.0 Å². The molecule has 3 unspecified atom stereocenters. The average molecular weight is 306 g/mol. The van der Waals surface area contributed by atoms with Crippen LogP contribution in [0, 0.1) is 17.3 Å². The molecule has 1 amide bonds. The zero-order chi connectivity index (χ0) is 15.7. The van der Waals surface area contributed by atoms with Crippen molar-refractivity contribution in [2.45, 2.75) is 58.2 Å². The van der Waals surface area contributed by atoms with Gasteiger partial charge >= 0.3 is 6.18 Å². The fourth-order valence-electron chi connectivity index (χ4n) is 3.70. The molecule has 1 heterocycles. The number of rotatable bonds is 3. The second-order valence-corrected chi connectivity index (χ2v) is 6.78. The Morgan fingerprint density at radius 3 is 2.48 bits per heavy atom. The van der Waals surface area contributed by atoms with Crippen LogP contribution in [-0.4, -0.2) is 31.2 Å². The van der Waals surface area contributed by atoms with Gasteiger partial charge in [-0.3, -0.25) is 4.79 Å². The van der Waals surface area contributed by atoms with Gasteiger partial charge in [-0.25, -0.2) is 0 Å². The molecule has 0 aromatic heterocycles. The highest BCUT2D eigenvalue weighted by molar-refractivity contribution is 5.84. The third kappa shape index (κ3) is 3.20. The largest absolute Gasteiger partial charge is 0.404 e. The van der Waals surface area contributed by atoms with Crippen molar-refractivity contribution in [1.82, 2.24) is 10.6 Å². The molecule has 0 aromatic carbocycles. The summed E-state index contributed by atoms with van der Waals surface area (Å²) in [5.41, 5.74) is -2.24. The van der Waals surface area contributed by atoms with Gasteiger partial charge in [0.15, 0.2) is 5.41 Å². The minimum atomic E-state index is -4.50. The predicted octanol–water partition coefficient (Wildman–Crippen LogP) is 2.86. The quantitative estimate of drug-likeness (QED) is 0.842. The number of halogens is 3. The lowest BCUT2D eigenvalue weighted by Crippen LogP contribution is -2.56. The van der Waals surface area contributed by atoms with Gasteiger partial charge in [0.1, 0.15) is 0 Å². The van der Waals surface area contributed by atoms with Crippen LogP contribution in [0.1, 0.15) is 46.0 Å². The Labute approximate surface area is 124 Å². The summed E-state index contributed by atoms with van der Waals surface area (Å²) < 4.78 is 40.1. The van der Waals surface area contributed by atoms with E-state index in [2.05, 4.69) is 24.5 Å². The van der Waals surface area contributed by atoms with Crippen molar-refractivity contribution in [2.75, 3.05) is 13.1 Å². The summed E-state index contributed by atoms with van der Waals surface area (Å²) in [6.45, 7) is 4.09. The maximum Gasteiger partial charge on any atom is 0.404 e. The molecule has 21 heavy (non-hydrogen) atoms. The smallest absolute Gasteiger partial charge is 0.352 e. The van der Waals surface area contributed by atoms with E-state index in [0.717, 1.165) is 25.7 Å². The van der Waals surface area contributed by atoms with Gasteiger partial charge in [-0.15, -0.1) is 0 Å². The van der Waals surface area contributed by atoms with Crippen LogP contribution in [-0.2, 0) is 4.79 Å². The first-order valence-electron chi connectivity index (χ1n) is 7.86. The summed E-state index contributed by atoms with van der Waals surface area (Å²) in [6, 6.07) is -0.119. The topological polar surface area (TPSA) is 41.1 Å². The molecular formula is C15H25F3N2O. The Kier molecular flexibility index (Phi) is 4.85. The van der Waals surface area contributed by atoms with Gasteiger partial charge in [0.25, 0.3) is 0 Å². The van der Waals surface area contributed by atoms with Crippen LogP contribution in [0.15, 0.2) is 0 Å². The molecule has 2 fully saturated rings. The molecule has 2 aliphatic rings. The summed E-state index contributed by atoms with van der Waals surface area (Å²) in [5.74, 6) is -0.181. The first-order chi connectivity index (χ1) is 9.78. The Morgan fingerprint density at radius 1 is 1.29 bits per heavy atom. The molecule has 3 nitrogen and oxygen atoms in total. The number of amides is 1. The lowest BCUT2D eigenvalue weighted by Gasteiger charge is -2.38. The third-order valence-corrected chi connectivity index (χ3v) is 5.12. The van der Waals surface area contributed by atoms with Crippen molar-refractivity contribution in [2.24, 2.45) is 17.3 Å². The predicted molar refractivity (Wildman–Crippen MR) is 74.7 cm³/mol. The van der Waals surface area contributed by atoms with E-state index in [1.54, 1.807) is 0 Å². The zero-order valence-electron chi connectivity index (χ0n) is 12.7. The van der Waals surface area contributed by atoms with Crippen LogP contribution in [0.4, 0.5) is 13.2 Å². The van der Waals surface area contributed by atoms with Gasteiger partial charge in [-0.1, -0.05) is 26.7 Å². The number of hydrogen-bond acceptors (Lipinski definition) is 2. The van der Waals surface area contributed by atoms with E-state index in [1.165, 1.54) is 0 Å². The second-order valence-electron chi connectivity index (χ2n) is 6.78. The van der Waals surface area contributed by atoms with Crippen molar-refractivity contribution in [3.63, 3.8) is 0 Å². The number of carbonyl (C=O) groups excluding carboxylic acids is 1. The first-order valence-corrected chi connectivity index (χ1v) is 7.86. The molecule has 2 rings (SSSR count). The first kappa shape index (κ1) is 16.6. The SMILES string of the molecule is CC(C)C1CCCCC1NC(=O)C1(C(F)(F)F)CCNC1. The number of carbonyl (C=O) groups is 1. The summed E-state index contributed by atoms with van der Waals surface area (Å²) >= 11 is 0. The molecule has 0 spiro atoms. The normalized spacial score (nSPS) is 34.2. The summed E-state index contributed by atoms with van der Waals surface area (Å²) in [7, 11) is 0. The molecule has 0 radical (unpaired) electrons. The maximum atomic E-state index is 13.4. The van der Waals surface area contributed by atoms with Gasteiger partial charge in [0, 0.05) is 12.6 Å². The van der Waals surface area contributed by atoms with Crippen LogP contribution in [0.3, 0.4) is 0 Å². The molecule has 0 aromatic rings. The maximum absolute atomic E-state index is 13.4. The molecule has 3 atom stereocenters. The Bertz CT molecular complexity index is 376. The molecular weight excluding hydrogens is 281 g/mol. The van der Waals surface area contributed by atoms with Crippen LogP contribution in [0.5, 0.6) is 0 Å². The summed E-state index contributed by atoms with van der Waals surface area (Å²) in [5, 5.41) is 5.43. The standard InChI is InChI=1S/C15H25F3N2O/c1-10(2)11-5-3-4-6-12(11)20-13(21)14(15(16,17)18)7-8-19-9-14/h10-12,19H,3-9H2,1-2H3,(H,20,21). The summed E-state index contributed by atoms with van der Waals surface area (Å²) in [4.78, 5) is 12.4. The van der Waals surface area contributed by atoms with E-state index in [0.29, 0.717) is 5.92 Å². The lowest BCUT2D eigenvalue weighted by molar-refractivity contribution is -0.216. The van der Waals surface area contributed by atoms with Crippen molar-refractivity contribution in [3.8, 4) is 0 Å². The van der Waals surface area contributed by atoms with Crippen molar-refractivity contribution in [3.05, 3.63) is 0 Å². The van der Waals surface area contributed by atoms with Crippen LogP contribution in [0.25, 0.3) is 0 Å². The van der Waals surface area contributed by atoms with E-state index in [4.69, 9.17) is 0 Å². The monoisotopic (exact) mass is 306 g/mol. The van der Waals surface area contributed by atoms with Gasteiger partial charge in [0.2, 0.25) is 5.91 Å². The van der Waals surface area contributed by atoms with Gasteiger partial charge < -0.3 is 10.6 Å². The summed E-state index contributed by atoms with van der Waals surface area (Å²) in [6.07, 6.45) is -0.813. The van der Waals surface area contributed by atoms with Gasteiger partial charge in [-0.05, 0) is 37.6 Å². The van der Waals surface area contributed by atoms with Crippen molar-refractivity contribution in [1.29, 1.82) is 0 Å². The third-order valence-electron chi connectivity index (χ3n) is 5.12. The molecule has 1 saturated heterocycles. The van der Waals surface area contributed by atoms with Crippen LogP contribution >= 0.6 is 0 Å². The highest BCUT2D eigenvalue weighted by Gasteiger charge is 2.61. The van der Waals surface area contributed by atoms with Crippen LogP contribution in [0.2, 0.25) is 0 Å². The van der Waals surface area contributed by atoms with Gasteiger partial charge in [-0.2, -0.15) is 13.2 Å². The zero-order valence-corrected chi connectivity index (χ0v) is 12.7. The van der Waals surface area contributed by atoms with E-state index in [9.17, 15) is 18.0 Å². The Hall–Kier alpha value is -0.780. The van der Waals surface area contributed by atoms with Gasteiger partial charge in [0.05, 0.1) is 0 Å². The van der Waals surface area contributed by atoms with E-state index in [-0.39, 0.29) is 31.5 Å². The average Bonchev–Trinajstić information content (AvgIpc) is 2.89. The molecule has 6 heteroatoms. The van der Waals surface area contributed by atoms with E-state index >= 15 is 0 Å². The molecule has 1 aliphatic carbocycles. The molecule has 2 N–H and O–H groups in total. The highest BCUT2D eigenvalue weighted by atomic mass is 19.4.